The van der Waals surface area contributed by atoms with Gasteiger partial charge in [0.1, 0.15) is 0 Å². The number of carbonyl (C=O) groups is 2. The Morgan fingerprint density at radius 3 is 2.61 bits per heavy atom. The van der Waals surface area contributed by atoms with Gasteiger partial charge in [-0.15, -0.1) is 0 Å². The van der Waals surface area contributed by atoms with Crippen molar-refractivity contribution in [1.82, 2.24) is 9.88 Å². The fourth-order valence-corrected chi connectivity index (χ4v) is 3.15. The molecule has 0 bridgehead atoms. The average molecular weight is 319 g/mol. The largest absolute Gasteiger partial charge is 0.345 e. The second-order valence-electron chi connectivity index (χ2n) is 6.47. The molecular formula is C17H25N3O3. The number of carbonyl (C=O) groups excluding carboxylic acids is 2. The second kappa shape index (κ2) is 7.44. The SMILES string of the molecule is CCn1cc(NC(=O)C(=O)N[C@@H]2CC[C@H](C)C[C@H]2C)ccc1=O. The van der Waals surface area contributed by atoms with Crippen LogP contribution in [0.1, 0.15) is 40.0 Å². The van der Waals surface area contributed by atoms with Gasteiger partial charge in [-0.05, 0) is 44.1 Å². The highest BCUT2D eigenvalue weighted by atomic mass is 16.2. The maximum absolute atomic E-state index is 12.1. The van der Waals surface area contributed by atoms with E-state index in [-0.39, 0.29) is 11.6 Å². The molecule has 1 heterocycles. The summed E-state index contributed by atoms with van der Waals surface area (Å²) in [6, 6.07) is 2.93. The summed E-state index contributed by atoms with van der Waals surface area (Å²) in [4.78, 5) is 35.6. The van der Waals surface area contributed by atoms with Crippen LogP contribution in [0.15, 0.2) is 23.1 Å². The van der Waals surface area contributed by atoms with E-state index in [1.165, 1.54) is 16.7 Å². The topological polar surface area (TPSA) is 80.2 Å². The third-order valence-electron chi connectivity index (χ3n) is 4.54. The van der Waals surface area contributed by atoms with Crippen molar-refractivity contribution in [2.24, 2.45) is 11.8 Å². The number of aromatic nitrogens is 1. The number of aryl methyl sites for hydroxylation is 1. The lowest BCUT2D eigenvalue weighted by atomic mass is 9.80. The number of anilines is 1. The zero-order chi connectivity index (χ0) is 17.0. The molecule has 0 aromatic carbocycles. The van der Waals surface area contributed by atoms with Gasteiger partial charge in [0.25, 0.3) is 5.56 Å². The highest BCUT2D eigenvalue weighted by Gasteiger charge is 2.28. The van der Waals surface area contributed by atoms with Crippen LogP contribution in [0, 0.1) is 11.8 Å². The van der Waals surface area contributed by atoms with E-state index in [1.54, 1.807) is 6.20 Å². The smallest absolute Gasteiger partial charge is 0.313 e. The maximum atomic E-state index is 12.1. The van der Waals surface area contributed by atoms with Crippen molar-refractivity contribution >= 4 is 17.5 Å². The first kappa shape index (κ1) is 17.2. The van der Waals surface area contributed by atoms with Crippen molar-refractivity contribution in [3.63, 3.8) is 0 Å². The normalized spacial score (nSPS) is 24.0. The molecule has 3 atom stereocenters. The molecule has 2 amide bonds. The molecule has 2 N–H and O–H groups in total. The van der Waals surface area contributed by atoms with Crippen molar-refractivity contribution in [2.75, 3.05) is 5.32 Å². The lowest BCUT2D eigenvalue weighted by Gasteiger charge is -2.32. The minimum absolute atomic E-state index is 0.0500. The van der Waals surface area contributed by atoms with Crippen LogP contribution in [-0.4, -0.2) is 22.4 Å². The number of hydrogen-bond acceptors (Lipinski definition) is 3. The van der Waals surface area contributed by atoms with E-state index >= 15 is 0 Å². The van der Waals surface area contributed by atoms with Gasteiger partial charge in [0.05, 0.1) is 5.69 Å². The highest BCUT2D eigenvalue weighted by molar-refractivity contribution is 6.39. The van der Waals surface area contributed by atoms with Crippen LogP contribution in [0.4, 0.5) is 5.69 Å². The minimum Gasteiger partial charge on any atom is -0.345 e. The van der Waals surface area contributed by atoms with Crippen molar-refractivity contribution in [2.45, 2.75) is 52.6 Å². The molecule has 126 valence electrons. The summed E-state index contributed by atoms with van der Waals surface area (Å²) in [6.07, 6.45) is 4.58. The fourth-order valence-electron chi connectivity index (χ4n) is 3.15. The number of nitrogens with one attached hydrogen (secondary N) is 2. The zero-order valence-corrected chi connectivity index (χ0v) is 14.0. The van der Waals surface area contributed by atoms with Gasteiger partial charge in [-0.2, -0.15) is 0 Å². The molecular weight excluding hydrogens is 294 g/mol. The second-order valence-corrected chi connectivity index (χ2v) is 6.47. The predicted octanol–water partition coefficient (Wildman–Crippen LogP) is 1.75. The molecule has 1 aliphatic rings. The van der Waals surface area contributed by atoms with Crippen LogP contribution in [0.25, 0.3) is 0 Å². The third-order valence-corrected chi connectivity index (χ3v) is 4.54. The number of nitrogens with zero attached hydrogens (tertiary/aromatic N) is 1. The molecule has 6 nitrogen and oxygen atoms in total. The molecule has 1 aliphatic carbocycles. The van der Waals surface area contributed by atoms with E-state index in [1.807, 2.05) is 6.92 Å². The van der Waals surface area contributed by atoms with Gasteiger partial charge >= 0.3 is 11.8 Å². The standard InChI is InChI=1S/C17H25N3O3/c1-4-20-10-13(6-8-15(20)21)18-16(22)17(23)19-14-7-5-11(2)9-12(14)3/h6,8,10-12,14H,4-5,7,9H2,1-3H3,(H,18,22)(H,19,23)/t11-,12+,14+/m0/s1. The van der Waals surface area contributed by atoms with E-state index in [2.05, 4.69) is 24.5 Å². The van der Waals surface area contributed by atoms with Crippen LogP contribution in [0.5, 0.6) is 0 Å². The van der Waals surface area contributed by atoms with Crippen molar-refractivity contribution in [3.8, 4) is 0 Å². The first-order valence-corrected chi connectivity index (χ1v) is 8.23. The Kier molecular flexibility index (Phi) is 5.58. The van der Waals surface area contributed by atoms with Gasteiger partial charge in [-0.25, -0.2) is 0 Å². The fraction of sp³-hybridized carbons (Fsp3) is 0.588. The molecule has 1 fully saturated rings. The van der Waals surface area contributed by atoms with Crippen LogP contribution < -0.4 is 16.2 Å². The van der Waals surface area contributed by atoms with Crippen molar-refractivity contribution < 1.29 is 9.59 Å². The summed E-state index contributed by atoms with van der Waals surface area (Å²) < 4.78 is 1.47. The van der Waals surface area contributed by atoms with E-state index in [4.69, 9.17) is 0 Å². The van der Waals surface area contributed by atoms with Crippen molar-refractivity contribution in [1.29, 1.82) is 0 Å². The molecule has 1 aromatic rings. The van der Waals surface area contributed by atoms with Crippen molar-refractivity contribution in [3.05, 3.63) is 28.7 Å². The van der Waals surface area contributed by atoms with Gasteiger partial charge in [0.2, 0.25) is 0 Å². The summed E-state index contributed by atoms with van der Waals surface area (Å²) in [6.45, 7) is 6.66. The van der Waals surface area contributed by atoms with E-state index < -0.39 is 11.8 Å². The molecule has 2 rings (SSSR count). The summed E-state index contributed by atoms with van der Waals surface area (Å²) in [7, 11) is 0. The maximum Gasteiger partial charge on any atom is 0.313 e. The quantitative estimate of drug-likeness (QED) is 0.833. The lowest BCUT2D eigenvalue weighted by Crippen LogP contribution is -2.46. The molecule has 0 aliphatic heterocycles. The van der Waals surface area contributed by atoms with Gasteiger partial charge in [0.15, 0.2) is 0 Å². The predicted molar refractivity (Wildman–Crippen MR) is 89.1 cm³/mol. The van der Waals surface area contributed by atoms with E-state index in [9.17, 15) is 14.4 Å². The number of amides is 2. The summed E-state index contributed by atoms with van der Waals surface area (Å²) in [5, 5.41) is 5.38. The van der Waals surface area contributed by atoms with E-state index in [0.717, 1.165) is 19.3 Å². The molecule has 0 saturated heterocycles. The Morgan fingerprint density at radius 1 is 1.22 bits per heavy atom. The van der Waals surface area contributed by atoms with Gasteiger partial charge < -0.3 is 15.2 Å². The molecule has 23 heavy (non-hydrogen) atoms. The molecule has 1 saturated carbocycles. The number of pyridine rings is 1. The monoisotopic (exact) mass is 319 g/mol. The van der Waals surface area contributed by atoms with Gasteiger partial charge in [-0.1, -0.05) is 13.8 Å². The van der Waals surface area contributed by atoms with E-state index in [0.29, 0.717) is 24.1 Å². The molecule has 0 spiro atoms. The van der Waals surface area contributed by atoms with Gasteiger partial charge in [0, 0.05) is 24.8 Å². The Hall–Kier alpha value is -2.11. The van der Waals surface area contributed by atoms with Crippen LogP contribution in [0.3, 0.4) is 0 Å². The minimum atomic E-state index is -0.697. The highest BCUT2D eigenvalue weighted by Crippen LogP contribution is 2.28. The Balaban J connectivity index is 1.95. The average Bonchev–Trinajstić information content (AvgIpc) is 2.51. The van der Waals surface area contributed by atoms with Crippen LogP contribution in [-0.2, 0) is 16.1 Å². The molecule has 0 unspecified atom stereocenters. The molecule has 0 radical (unpaired) electrons. The number of rotatable bonds is 3. The molecule has 1 aromatic heterocycles. The van der Waals surface area contributed by atoms with Crippen LogP contribution >= 0.6 is 0 Å². The first-order valence-electron chi connectivity index (χ1n) is 8.23. The Labute approximate surface area is 136 Å². The molecule has 6 heteroatoms. The Morgan fingerprint density at radius 2 is 1.96 bits per heavy atom. The zero-order valence-electron chi connectivity index (χ0n) is 14.0. The van der Waals surface area contributed by atoms with Gasteiger partial charge in [-0.3, -0.25) is 14.4 Å². The lowest BCUT2D eigenvalue weighted by molar-refractivity contribution is -0.137. The first-order chi connectivity index (χ1) is 10.9. The number of hydrogen-bond donors (Lipinski definition) is 2. The third kappa shape index (κ3) is 4.43. The summed E-state index contributed by atoms with van der Waals surface area (Å²) in [5.74, 6) is -0.276. The van der Waals surface area contributed by atoms with Crippen LogP contribution in [0.2, 0.25) is 0 Å². The Bertz CT molecular complexity index is 638. The summed E-state index contributed by atoms with van der Waals surface area (Å²) in [5.41, 5.74) is 0.303. The summed E-state index contributed by atoms with van der Waals surface area (Å²) >= 11 is 0.